The van der Waals surface area contributed by atoms with E-state index in [4.69, 9.17) is 9.47 Å². The van der Waals surface area contributed by atoms with E-state index in [1.54, 1.807) is 47.6 Å². The molecule has 2 N–H and O–H groups in total. The number of rotatable bonds is 24. The van der Waals surface area contributed by atoms with Crippen LogP contribution in [0.4, 0.5) is 11.4 Å². The van der Waals surface area contributed by atoms with Gasteiger partial charge in [-0.1, -0.05) is 36.9 Å². The molecule has 0 saturated carbocycles. The van der Waals surface area contributed by atoms with Crippen molar-refractivity contribution in [1.29, 1.82) is 0 Å². The first-order valence-electron chi connectivity index (χ1n) is 23.2. The summed E-state index contributed by atoms with van der Waals surface area (Å²) >= 11 is 0. The molecular weight excluding hydrogens is 881 g/mol. The first-order chi connectivity index (χ1) is 33.0. The first kappa shape index (κ1) is 52.5. The number of hydrogen-bond acceptors (Lipinski definition) is 15. The molecule has 2 aliphatic rings. The number of ether oxygens (including phenoxy) is 2. The smallest absolute Gasteiger partial charge is 0.306 e. The average Bonchev–Trinajstić information content (AvgIpc) is 3.63. The molecule has 0 saturated heterocycles. The summed E-state index contributed by atoms with van der Waals surface area (Å²) < 4.78 is 14.5. The number of anilines is 2. The lowest BCUT2D eigenvalue weighted by atomic mass is 9.79. The zero-order chi connectivity index (χ0) is 50.2. The largest absolute Gasteiger partial charge is 0.871 e. The highest BCUT2D eigenvalue weighted by Crippen LogP contribution is 2.43. The fourth-order valence-electron chi connectivity index (χ4n) is 7.56. The molecule has 2 aromatic carbocycles. The van der Waals surface area contributed by atoms with Gasteiger partial charge in [0, 0.05) is 122 Å². The normalized spacial score (nSPS) is 14.5. The van der Waals surface area contributed by atoms with E-state index in [0.717, 1.165) is 22.5 Å². The minimum atomic E-state index is -0.569. The Kier molecular flexibility index (Phi) is 19.0. The van der Waals surface area contributed by atoms with Crippen LogP contribution in [0, 0.1) is 0 Å². The Labute approximate surface area is 404 Å². The molecule has 368 valence electrons. The third-order valence-corrected chi connectivity index (χ3v) is 11.3. The SMILES string of the molecule is CCc1nn(CC)c(O)c1C1=C([O-])/C(=C2/C=CC(=[N+](CCOC(=O)CCCN(C)c3ccc(/C=N/N(C)C)cc3)CCOC(=O)CCCN(C)c3ccc(/C=N/N(C)C)cc3)C=C2NC(C)=O)C1=O. The molecule has 5 rings (SSSR count). The van der Waals surface area contributed by atoms with Crippen molar-refractivity contribution in [3.8, 4) is 5.88 Å². The van der Waals surface area contributed by atoms with Crippen molar-refractivity contribution in [2.75, 3.05) is 91.5 Å². The monoisotopic (exact) mass is 947 g/mol. The van der Waals surface area contributed by atoms with Crippen LogP contribution in [0.15, 0.2) is 99.6 Å². The van der Waals surface area contributed by atoms with Gasteiger partial charge in [-0.15, -0.1) is 0 Å². The van der Waals surface area contributed by atoms with E-state index in [1.165, 1.54) is 11.6 Å². The molecule has 0 atom stereocenters. The summed E-state index contributed by atoms with van der Waals surface area (Å²) in [6.07, 6.45) is 10.4. The minimum absolute atomic E-state index is 0.00688. The maximum absolute atomic E-state index is 13.8. The van der Waals surface area contributed by atoms with Gasteiger partial charge in [-0.05, 0) is 67.7 Å². The van der Waals surface area contributed by atoms with E-state index >= 15 is 0 Å². The number of hydrogen-bond donors (Lipinski definition) is 2. The Balaban J connectivity index is 1.27. The summed E-state index contributed by atoms with van der Waals surface area (Å²) in [5, 5.41) is 43.7. The Morgan fingerprint density at radius 1 is 0.797 bits per heavy atom. The molecule has 0 spiro atoms. The van der Waals surface area contributed by atoms with Crippen LogP contribution in [0.3, 0.4) is 0 Å². The highest BCUT2D eigenvalue weighted by atomic mass is 16.5. The van der Waals surface area contributed by atoms with Crippen LogP contribution in [0.25, 0.3) is 5.57 Å². The molecule has 2 aliphatic carbocycles. The maximum atomic E-state index is 13.8. The number of amides is 1. The number of allylic oxidation sites excluding steroid dienone is 5. The third kappa shape index (κ3) is 14.5. The number of ketones is 1. The lowest BCUT2D eigenvalue weighted by Gasteiger charge is -2.33. The quantitative estimate of drug-likeness (QED) is 0.0432. The number of nitrogens with zero attached hydrogens (tertiary/aromatic N) is 9. The van der Waals surface area contributed by atoms with Crippen LogP contribution in [0.5, 0.6) is 5.88 Å². The number of nitrogens with one attached hydrogen (secondary N) is 1. The number of Topliss-reactive ketones (excluding diaryl/α,β-unsaturated/α-hetero) is 1. The van der Waals surface area contributed by atoms with Crippen molar-refractivity contribution in [3.05, 3.63) is 112 Å². The third-order valence-electron chi connectivity index (χ3n) is 11.3. The number of aromatic hydroxyl groups is 1. The van der Waals surface area contributed by atoms with Gasteiger partial charge in [-0.25, -0.2) is 9.26 Å². The van der Waals surface area contributed by atoms with Crippen LogP contribution in [-0.2, 0) is 41.6 Å². The predicted molar refractivity (Wildman–Crippen MR) is 266 cm³/mol. The van der Waals surface area contributed by atoms with Gasteiger partial charge in [0.05, 0.1) is 29.4 Å². The topological polar surface area (TPSA) is 201 Å². The van der Waals surface area contributed by atoms with Gasteiger partial charge >= 0.3 is 11.9 Å². The Hall–Kier alpha value is -7.50. The lowest BCUT2D eigenvalue weighted by molar-refractivity contribution is -0.530. The summed E-state index contributed by atoms with van der Waals surface area (Å²) in [5.41, 5.74) is 5.20. The van der Waals surface area contributed by atoms with Gasteiger partial charge in [-0.2, -0.15) is 15.3 Å². The number of aromatic nitrogens is 2. The van der Waals surface area contributed by atoms with Crippen molar-refractivity contribution < 1.29 is 43.4 Å². The molecule has 3 aromatic rings. The Morgan fingerprint density at radius 3 is 1.74 bits per heavy atom. The van der Waals surface area contributed by atoms with Crippen molar-refractivity contribution in [1.82, 2.24) is 25.1 Å². The van der Waals surface area contributed by atoms with Crippen molar-refractivity contribution >= 4 is 58.7 Å². The second-order valence-corrected chi connectivity index (χ2v) is 17.0. The van der Waals surface area contributed by atoms with E-state index < -0.39 is 17.4 Å². The van der Waals surface area contributed by atoms with Gasteiger partial charge in [-0.3, -0.25) is 19.2 Å². The Morgan fingerprint density at radius 2 is 1.30 bits per heavy atom. The highest BCUT2D eigenvalue weighted by Gasteiger charge is 2.37. The molecule has 69 heavy (non-hydrogen) atoms. The predicted octanol–water partition coefficient (Wildman–Crippen LogP) is 3.88. The molecule has 0 unspecified atom stereocenters. The number of carbonyl (C=O) groups excluding carboxylic acids is 4. The van der Waals surface area contributed by atoms with Crippen LogP contribution < -0.4 is 20.2 Å². The maximum Gasteiger partial charge on any atom is 0.306 e. The van der Waals surface area contributed by atoms with E-state index in [2.05, 4.69) is 30.4 Å². The van der Waals surface area contributed by atoms with Crippen LogP contribution in [0.1, 0.15) is 68.8 Å². The second kappa shape index (κ2) is 25.0. The van der Waals surface area contributed by atoms with Crippen LogP contribution >= 0.6 is 0 Å². The summed E-state index contributed by atoms with van der Waals surface area (Å²) in [6, 6.07) is 15.9. The Bertz CT molecular complexity index is 2450. The number of hydrazone groups is 2. The van der Waals surface area contributed by atoms with Crippen molar-refractivity contribution in [2.24, 2.45) is 10.2 Å². The standard InChI is InChI=1S/C51H66N10O8/c1-10-42-47(51(67)61(11-2)55-42)48-49(65)46(50(48)66)41-25-24-40(32-43(41)54-35(3)62)60(28-30-68-44(63)14-12-26-58(8)38-20-16-36(17-21-38)33-52-56(4)5)29-31-69-45(64)15-13-27-59(9)39-22-18-37(19-23-39)34-53-57(6)7/h16-25,32-34H,10-15,26-31H2,1-9H3,(H2,54,55,62,65,66,67)/b52-33+,53-34+. The molecule has 0 radical (unpaired) electrons. The van der Waals surface area contributed by atoms with Crippen molar-refractivity contribution in [2.45, 2.75) is 59.4 Å². The van der Waals surface area contributed by atoms with Crippen molar-refractivity contribution in [3.63, 3.8) is 0 Å². The lowest BCUT2D eigenvalue weighted by Crippen LogP contribution is -2.34. The first-order valence-corrected chi connectivity index (χ1v) is 23.2. The van der Waals surface area contributed by atoms with Gasteiger partial charge in [0.1, 0.15) is 13.2 Å². The van der Waals surface area contributed by atoms with Crippen LogP contribution in [0.2, 0.25) is 0 Å². The molecule has 1 heterocycles. The van der Waals surface area contributed by atoms with E-state index in [0.29, 0.717) is 50.3 Å². The summed E-state index contributed by atoms with van der Waals surface area (Å²) in [7, 11) is 11.4. The molecule has 1 aromatic heterocycles. The average molecular weight is 947 g/mol. The molecule has 0 aliphatic heterocycles. The molecule has 1 amide bonds. The molecule has 0 bridgehead atoms. The van der Waals surface area contributed by atoms with E-state index in [9.17, 15) is 29.4 Å². The highest BCUT2D eigenvalue weighted by molar-refractivity contribution is 6.40. The summed E-state index contributed by atoms with van der Waals surface area (Å²) in [4.78, 5) is 56.3. The number of carbonyl (C=O) groups is 4. The number of aryl methyl sites for hydroxylation is 2. The molecular formula is C51H66N10O8. The zero-order valence-corrected chi connectivity index (χ0v) is 41.3. The summed E-state index contributed by atoms with van der Waals surface area (Å²) in [6.45, 7) is 6.93. The summed E-state index contributed by atoms with van der Waals surface area (Å²) in [5.74, 6) is -2.56. The van der Waals surface area contributed by atoms with E-state index in [1.807, 2.05) is 102 Å². The minimum Gasteiger partial charge on any atom is -0.871 e. The second-order valence-electron chi connectivity index (χ2n) is 17.0. The zero-order valence-electron chi connectivity index (χ0n) is 41.3. The van der Waals surface area contributed by atoms with E-state index in [-0.39, 0.29) is 84.9 Å². The van der Waals surface area contributed by atoms with Crippen LogP contribution in [-0.4, -0.2) is 153 Å². The van der Waals surface area contributed by atoms with Gasteiger partial charge in [0.2, 0.25) is 17.5 Å². The number of benzene rings is 2. The fraction of sp³-hybridized carbons (Fsp3) is 0.412. The number of esters is 2. The molecule has 0 fully saturated rings. The molecule has 18 heteroatoms. The van der Waals surface area contributed by atoms with Gasteiger partial charge in [0.15, 0.2) is 18.9 Å². The van der Waals surface area contributed by atoms with Gasteiger partial charge < -0.3 is 44.8 Å². The fourth-order valence-corrected chi connectivity index (χ4v) is 7.56. The van der Waals surface area contributed by atoms with Gasteiger partial charge in [0.25, 0.3) is 0 Å². The molecule has 18 nitrogen and oxygen atoms in total.